The molecule has 0 fully saturated rings. The number of nitrogens with zero attached hydrogens (tertiary/aromatic N) is 1. The van der Waals surface area contributed by atoms with Crippen molar-refractivity contribution < 1.29 is 34.2 Å². The maximum atomic E-state index is 12.5. The minimum Gasteiger partial charge on any atom is -0.480 e. The van der Waals surface area contributed by atoms with E-state index in [0.717, 1.165) is 0 Å². The number of aliphatic hydroxyl groups is 1. The Bertz CT molecular complexity index is 717. The Morgan fingerprint density at radius 3 is 1.91 bits per heavy atom. The zero-order chi connectivity index (χ0) is 24.8. The van der Waals surface area contributed by atoms with E-state index >= 15 is 0 Å². The van der Waals surface area contributed by atoms with Crippen molar-refractivity contribution in [2.24, 2.45) is 27.9 Å². The molecule has 0 saturated carbocycles. The summed E-state index contributed by atoms with van der Waals surface area (Å²) in [5, 5.41) is 25.2. The Balaban J connectivity index is 5.28. The van der Waals surface area contributed by atoms with E-state index in [-0.39, 0.29) is 31.1 Å². The lowest BCUT2D eigenvalue weighted by Crippen LogP contribution is -2.58. The van der Waals surface area contributed by atoms with Gasteiger partial charge in [-0.1, -0.05) is 0 Å². The molecule has 4 amide bonds. The maximum Gasteiger partial charge on any atom is 0.327 e. The fourth-order valence-electron chi connectivity index (χ4n) is 2.28. The summed E-state index contributed by atoms with van der Waals surface area (Å²) in [4.78, 5) is 62.8. The minimum absolute atomic E-state index is 0.000544. The number of thiol groups is 1. The van der Waals surface area contributed by atoms with Crippen molar-refractivity contribution >= 4 is 48.2 Å². The second-order valence-corrected chi connectivity index (χ2v) is 6.98. The molecule has 0 aromatic heterocycles. The number of carbonyl (C=O) groups is 5. The quantitative estimate of drug-likeness (QED) is 0.0461. The summed E-state index contributed by atoms with van der Waals surface area (Å²) < 4.78 is 0. The van der Waals surface area contributed by atoms with Gasteiger partial charge in [-0.2, -0.15) is 12.6 Å². The van der Waals surface area contributed by atoms with Crippen LogP contribution in [0.5, 0.6) is 0 Å². The van der Waals surface area contributed by atoms with Gasteiger partial charge in [0.1, 0.15) is 18.1 Å². The third-order valence-corrected chi connectivity index (χ3v) is 4.31. The number of amides is 4. The average molecular weight is 479 g/mol. The molecule has 0 aliphatic carbocycles. The second kappa shape index (κ2) is 14.8. The first-order valence-electron chi connectivity index (χ1n) is 9.37. The fourth-order valence-corrected chi connectivity index (χ4v) is 2.53. The van der Waals surface area contributed by atoms with Crippen molar-refractivity contribution in [1.29, 1.82) is 0 Å². The molecule has 13 N–H and O–H groups in total. The third-order valence-electron chi connectivity index (χ3n) is 3.95. The fraction of sp³-hybridized carbons (Fsp3) is 0.625. The van der Waals surface area contributed by atoms with E-state index in [4.69, 9.17) is 28.0 Å². The highest BCUT2D eigenvalue weighted by molar-refractivity contribution is 7.80. The zero-order valence-electron chi connectivity index (χ0n) is 17.2. The van der Waals surface area contributed by atoms with Gasteiger partial charge in [0.05, 0.1) is 19.1 Å². The Kier molecular flexibility index (Phi) is 13.4. The van der Waals surface area contributed by atoms with Crippen molar-refractivity contribution in [2.75, 3.05) is 18.9 Å². The largest absolute Gasteiger partial charge is 0.480 e. The van der Waals surface area contributed by atoms with E-state index in [0.29, 0.717) is 0 Å². The molecule has 0 spiro atoms. The lowest BCUT2D eigenvalue weighted by molar-refractivity contribution is -0.141. The molecule has 0 heterocycles. The molecule has 0 aromatic rings. The molecular formula is C16H30N8O7S. The maximum absolute atomic E-state index is 12.5. The smallest absolute Gasteiger partial charge is 0.327 e. The summed E-state index contributed by atoms with van der Waals surface area (Å²) in [7, 11) is 0. The monoisotopic (exact) mass is 478 g/mol. The zero-order valence-corrected chi connectivity index (χ0v) is 18.1. The van der Waals surface area contributed by atoms with Crippen molar-refractivity contribution in [3.8, 4) is 0 Å². The standard InChI is InChI=1S/C16H30N8O7S/c17-7(4-11(18)26)12(27)23-9(5-25)14(29)22-8(2-1-3-21-16(19)20)13(28)24-10(6-32)15(30)31/h7-10,25,32H,1-6,17H2,(H2,18,26)(H,22,29)(H,23,27)(H,24,28)(H,30,31)(H4,19,20,21). The average Bonchev–Trinajstić information content (AvgIpc) is 2.70. The molecule has 4 atom stereocenters. The summed E-state index contributed by atoms with van der Waals surface area (Å²) in [5.74, 6) is -5.26. The number of rotatable bonds is 15. The number of nitrogens with two attached hydrogens (primary N) is 4. The Hall–Kier alpha value is -3.11. The van der Waals surface area contributed by atoms with Crippen LogP contribution in [0.1, 0.15) is 19.3 Å². The number of primary amides is 1. The molecule has 16 heteroatoms. The number of nitrogens with one attached hydrogen (secondary N) is 3. The number of carboxylic acids is 1. The molecule has 0 bridgehead atoms. The van der Waals surface area contributed by atoms with E-state index in [1.54, 1.807) is 0 Å². The summed E-state index contributed by atoms with van der Waals surface area (Å²) in [6.45, 7) is -0.726. The van der Waals surface area contributed by atoms with Crippen LogP contribution in [0.4, 0.5) is 0 Å². The predicted molar refractivity (Wildman–Crippen MR) is 116 cm³/mol. The first-order chi connectivity index (χ1) is 14.9. The number of guanidine groups is 1. The summed E-state index contributed by atoms with van der Waals surface area (Å²) in [6.07, 6.45) is -0.253. The summed E-state index contributed by atoms with van der Waals surface area (Å²) >= 11 is 3.85. The van der Waals surface area contributed by atoms with Crippen LogP contribution in [0.15, 0.2) is 4.99 Å². The summed E-state index contributed by atoms with van der Waals surface area (Å²) in [5.41, 5.74) is 20.9. The SMILES string of the molecule is NC(=O)CC(N)C(=O)NC(CO)C(=O)NC(CCCN=C(N)N)C(=O)NC(CS)C(=O)O. The van der Waals surface area contributed by atoms with Gasteiger partial charge in [-0.3, -0.25) is 24.2 Å². The summed E-state index contributed by atoms with van der Waals surface area (Å²) in [6, 6.07) is -5.42. The normalized spacial score (nSPS) is 14.2. The van der Waals surface area contributed by atoms with Gasteiger partial charge in [0.25, 0.3) is 0 Å². The molecule has 32 heavy (non-hydrogen) atoms. The number of carboxylic acid groups (broad SMARTS) is 1. The second-order valence-electron chi connectivity index (χ2n) is 6.61. The van der Waals surface area contributed by atoms with Crippen molar-refractivity contribution in [2.45, 2.75) is 43.4 Å². The van der Waals surface area contributed by atoms with E-state index in [1.807, 2.05) is 0 Å². The van der Waals surface area contributed by atoms with Crippen molar-refractivity contribution in [3.05, 3.63) is 0 Å². The predicted octanol–water partition coefficient (Wildman–Crippen LogP) is -5.30. The van der Waals surface area contributed by atoms with Gasteiger partial charge in [-0.05, 0) is 12.8 Å². The molecule has 0 saturated heterocycles. The van der Waals surface area contributed by atoms with Crippen LogP contribution >= 0.6 is 12.6 Å². The lowest BCUT2D eigenvalue weighted by Gasteiger charge is -2.24. The number of hydrogen-bond acceptors (Lipinski definition) is 9. The van der Waals surface area contributed by atoms with Gasteiger partial charge >= 0.3 is 5.97 Å². The third kappa shape index (κ3) is 11.3. The van der Waals surface area contributed by atoms with E-state index in [2.05, 4.69) is 33.6 Å². The minimum atomic E-state index is -1.51. The Morgan fingerprint density at radius 2 is 1.44 bits per heavy atom. The van der Waals surface area contributed by atoms with Crippen LogP contribution < -0.4 is 38.9 Å². The van der Waals surface area contributed by atoms with Gasteiger partial charge in [0.2, 0.25) is 23.6 Å². The molecule has 0 rings (SSSR count). The molecule has 0 aliphatic rings. The van der Waals surface area contributed by atoms with Crippen LogP contribution in [0.2, 0.25) is 0 Å². The van der Waals surface area contributed by atoms with Gasteiger partial charge in [0.15, 0.2) is 5.96 Å². The first kappa shape index (κ1) is 28.9. The van der Waals surface area contributed by atoms with Gasteiger partial charge < -0.3 is 49.1 Å². The van der Waals surface area contributed by atoms with Gasteiger partial charge in [-0.15, -0.1) is 0 Å². The van der Waals surface area contributed by atoms with Crippen LogP contribution in [0.25, 0.3) is 0 Å². The van der Waals surface area contributed by atoms with Crippen LogP contribution in [0.3, 0.4) is 0 Å². The molecule has 182 valence electrons. The highest BCUT2D eigenvalue weighted by Crippen LogP contribution is 2.02. The number of carbonyl (C=O) groups excluding carboxylic acids is 4. The Labute approximate surface area is 189 Å². The van der Waals surface area contributed by atoms with E-state index < -0.39 is 66.8 Å². The molecular weight excluding hydrogens is 448 g/mol. The van der Waals surface area contributed by atoms with Crippen molar-refractivity contribution in [1.82, 2.24) is 16.0 Å². The van der Waals surface area contributed by atoms with Crippen LogP contribution in [-0.2, 0) is 24.0 Å². The highest BCUT2D eigenvalue weighted by Gasteiger charge is 2.29. The number of aliphatic imine (C=N–C) groups is 1. The highest BCUT2D eigenvalue weighted by atomic mass is 32.1. The lowest BCUT2D eigenvalue weighted by atomic mass is 10.1. The first-order valence-corrected chi connectivity index (χ1v) is 10.0. The van der Waals surface area contributed by atoms with Gasteiger partial charge in [0, 0.05) is 12.3 Å². The van der Waals surface area contributed by atoms with Crippen LogP contribution in [-0.4, -0.2) is 88.8 Å². The molecule has 0 aromatic carbocycles. The van der Waals surface area contributed by atoms with Crippen molar-refractivity contribution in [3.63, 3.8) is 0 Å². The Morgan fingerprint density at radius 1 is 0.906 bits per heavy atom. The molecule has 4 unspecified atom stereocenters. The molecule has 0 aliphatic heterocycles. The van der Waals surface area contributed by atoms with E-state index in [9.17, 15) is 29.1 Å². The number of aliphatic carboxylic acids is 1. The number of hydrogen-bond donors (Lipinski definition) is 10. The topological polar surface area (TPSA) is 278 Å². The van der Waals surface area contributed by atoms with Crippen LogP contribution in [0, 0.1) is 0 Å². The van der Waals surface area contributed by atoms with Gasteiger partial charge in [-0.25, -0.2) is 4.79 Å². The molecule has 15 nitrogen and oxygen atoms in total. The molecule has 0 radical (unpaired) electrons. The van der Waals surface area contributed by atoms with E-state index in [1.165, 1.54) is 0 Å². The number of aliphatic hydroxyl groups excluding tert-OH is 1.